The molecule has 0 saturated carbocycles. The van der Waals surface area contributed by atoms with Gasteiger partial charge in [-0.25, -0.2) is 14.8 Å². The van der Waals surface area contributed by atoms with Gasteiger partial charge < -0.3 is 21.5 Å². The van der Waals surface area contributed by atoms with Crippen LogP contribution < -0.4 is 24.2 Å². The van der Waals surface area contributed by atoms with Gasteiger partial charge in [-0.05, 0) is 62.4 Å². The van der Waals surface area contributed by atoms with Gasteiger partial charge in [0.15, 0.2) is 0 Å². The molecule has 3 aromatic rings. The predicted molar refractivity (Wildman–Crippen MR) is 156 cm³/mol. The van der Waals surface area contributed by atoms with Gasteiger partial charge in [-0.15, -0.1) is 0 Å². The molecule has 2 heterocycles. The van der Waals surface area contributed by atoms with Gasteiger partial charge >= 0.3 is 37.1 Å². The summed E-state index contributed by atoms with van der Waals surface area (Å²) in [7, 11) is 0. The van der Waals surface area contributed by atoms with Crippen molar-refractivity contribution < 1.29 is 52.9 Å². The van der Waals surface area contributed by atoms with Crippen LogP contribution in [-0.2, 0) is 41.5 Å². The Labute approximate surface area is 268 Å². The maximum Gasteiger partial charge on any atom is 1.00 e. The molecule has 1 aromatic heterocycles. The summed E-state index contributed by atoms with van der Waals surface area (Å²) >= 11 is 0. The summed E-state index contributed by atoms with van der Waals surface area (Å²) in [6.07, 6.45) is -4.21. The van der Waals surface area contributed by atoms with Crippen LogP contribution in [0.15, 0.2) is 54.7 Å². The molecule has 0 spiro atoms. The molecule has 2 N–H and O–H groups in total. The van der Waals surface area contributed by atoms with Gasteiger partial charge in [-0.3, -0.25) is 9.69 Å². The van der Waals surface area contributed by atoms with Crippen LogP contribution in [0, 0.1) is 0 Å². The van der Waals surface area contributed by atoms with Gasteiger partial charge in [0.25, 0.3) is 0 Å². The number of anilines is 2. The molecule has 1 amide bonds. The predicted octanol–water partition coefficient (Wildman–Crippen LogP) is 2.82. The molecule has 1 fully saturated rings. The molecular weight excluding hydrogens is 570 g/mol. The number of halogens is 3. The zero-order valence-corrected chi connectivity index (χ0v) is 25.4. The van der Waals surface area contributed by atoms with Crippen LogP contribution in [0.25, 0.3) is 0 Å². The van der Waals surface area contributed by atoms with Crippen LogP contribution in [0.1, 0.15) is 50.1 Å². The van der Waals surface area contributed by atoms with Crippen LogP contribution >= 0.6 is 0 Å². The minimum atomic E-state index is -4.63. The van der Waals surface area contributed by atoms with E-state index in [2.05, 4.69) is 20.2 Å². The van der Waals surface area contributed by atoms with Crippen molar-refractivity contribution in [1.82, 2.24) is 19.8 Å². The van der Waals surface area contributed by atoms with Gasteiger partial charge in [0, 0.05) is 44.6 Å². The van der Waals surface area contributed by atoms with E-state index in [4.69, 9.17) is 9.84 Å². The van der Waals surface area contributed by atoms with Crippen LogP contribution in [0.2, 0.25) is 0 Å². The topological polar surface area (TPSA) is 108 Å². The first-order valence-electron chi connectivity index (χ1n) is 14.0. The Morgan fingerprint density at radius 2 is 1.61 bits per heavy atom. The second-order valence-corrected chi connectivity index (χ2v) is 11.5. The number of hydrogen-bond acceptors (Lipinski definition) is 7. The largest absolute Gasteiger partial charge is 1.00 e. The molecule has 0 radical (unpaired) electrons. The molecule has 9 nitrogen and oxygen atoms in total. The van der Waals surface area contributed by atoms with Crippen molar-refractivity contribution in [2.24, 2.45) is 0 Å². The molecule has 1 aliphatic heterocycles. The van der Waals surface area contributed by atoms with E-state index < -0.39 is 23.3 Å². The van der Waals surface area contributed by atoms with E-state index >= 15 is 0 Å². The maximum atomic E-state index is 13.7. The SMILES string of the molecule is CC(C)(C)OC(=O)N1CCN(Cc2ccc(Nc3ncc(C(F)(F)F)c(CCc4ccccc4CC(=O)O)n3)cc2)CC1.[H-].[Li+]. The van der Waals surface area contributed by atoms with E-state index in [1.807, 2.05) is 45.0 Å². The van der Waals surface area contributed by atoms with E-state index in [9.17, 15) is 22.8 Å². The Kier molecular flexibility index (Phi) is 11.8. The fraction of sp³-hybridized carbons (Fsp3) is 0.419. The standard InChI is InChI=1S/C31H36F3N5O4.Li.H/c1-30(2,3)43-29(42)39-16-14-38(15-17-39)20-21-8-11-24(12-9-21)36-28-35-19-25(31(32,33)34)26(37-28)13-10-22-6-4-5-7-23(22)18-27(40)41;;/h4-9,11-12,19H,10,13-18,20H2,1-3H3,(H,40,41)(H,35,36,37);;/q;+1;-1. The van der Waals surface area contributed by atoms with Crippen molar-refractivity contribution in [3.8, 4) is 0 Å². The first-order valence-corrected chi connectivity index (χ1v) is 14.0. The molecule has 232 valence electrons. The number of aromatic nitrogens is 2. The zero-order valence-electron chi connectivity index (χ0n) is 26.4. The number of piperazine rings is 1. The molecular formula is C31H37F3LiN5O4. The zero-order chi connectivity index (χ0) is 31.2. The van der Waals surface area contributed by atoms with E-state index in [0.717, 1.165) is 11.8 Å². The van der Waals surface area contributed by atoms with Gasteiger partial charge in [-0.2, -0.15) is 13.2 Å². The molecule has 2 aromatic carbocycles. The minimum absolute atomic E-state index is 0. The summed E-state index contributed by atoms with van der Waals surface area (Å²) in [6, 6.07) is 14.3. The number of rotatable bonds is 9. The Hall–Kier alpha value is -3.59. The second-order valence-electron chi connectivity index (χ2n) is 11.5. The average Bonchev–Trinajstić information content (AvgIpc) is 2.92. The Morgan fingerprint density at radius 1 is 0.977 bits per heavy atom. The summed E-state index contributed by atoms with van der Waals surface area (Å²) in [6.45, 7) is 8.79. The number of hydrogen-bond donors (Lipinski definition) is 2. The Morgan fingerprint density at radius 3 is 2.20 bits per heavy atom. The first-order chi connectivity index (χ1) is 20.3. The quantitative estimate of drug-likeness (QED) is 0.358. The Bertz CT molecular complexity index is 1430. The smallest absolute Gasteiger partial charge is 1.00 e. The van der Waals surface area contributed by atoms with Gasteiger partial charge in [0.1, 0.15) is 5.60 Å². The fourth-order valence-electron chi connectivity index (χ4n) is 4.79. The number of carbonyl (C=O) groups is 2. The third-order valence-corrected chi connectivity index (χ3v) is 6.90. The molecule has 13 heteroatoms. The van der Waals surface area contributed by atoms with Crippen LogP contribution in [0.4, 0.5) is 29.6 Å². The van der Waals surface area contributed by atoms with Gasteiger partial charge in [-0.1, -0.05) is 36.4 Å². The van der Waals surface area contributed by atoms with Crippen molar-refractivity contribution >= 4 is 23.7 Å². The number of nitrogens with one attached hydrogen (secondary N) is 1. The molecule has 0 unspecified atom stereocenters. The summed E-state index contributed by atoms with van der Waals surface area (Å²) < 4.78 is 46.7. The summed E-state index contributed by atoms with van der Waals surface area (Å²) in [4.78, 5) is 35.5. The van der Waals surface area contributed by atoms with Crippen LogP contribution in [0.3, 0.4) is 0 Å². The maximum absolute atomic E-state index is 13.7. The van der Waals surface area contributed by atoms with Crippen molar-refractivity contribution in [2.75, 3.05) is 31.5 Å². The van der Waals surface area contributed by atoms with Gasteiger partial charge in [0.2, 0.25) is 5.95 Å². The number of carboxylic acid groups (broad SMARTS) is 1. The molecule has 0 atom stereocenters. The Balaban J connectivity index is 0.00000353. The monoisotopic (exact) mass is 607 g/mol. The normalized spacial score (nSPS) is 14.1. The number of carboxylic acids is 1. The number of nitrogens with zero attached hydrogens (tertiary/aromatic N) is 4. The molecule has 4 rings (SSSR count). The van der Waals surface area contributed by atoms with E-state index in [-0.39, 0.29) is 57.3 Å². The molecule has 1 saturated heterocycles. The summed E-state index contributed by atoms with van der Waals surface area (Å²) in [5, 5.41) is 12.2. The number of ether oxygens (including phenoxy) is 1. The van der Waals surface area contributed by atoms with Gasteiger partial charge in [0.05, 0.1) is 17.7 Å². The van der Waals surface area contributed by atoms with Crippen molar-refractivity contribution in [3.05, 3.63) is 82.7 Å². The van der Waals surface area contributed by atoms with Crippen molar-refractivity contribution in [1.29, 1.82) is 0 Å². The number of amides is 1. The molecule has 1 aliphatic rings. The van der Waals surface area contributed by atoms with Crippen molar-refractivity contribution in [3.63, 3.8) is 0 Å². The summed E-state index contributed by atoms with van der Waals surface area (Å²) in [5.41, 5.74) is 1.26. The second kappa shape index (κ2) is 14.9. The van der Waals surface area contributed by atoms with Crippen LogP contribution in [-0.4, -0.2) is 68.7 Å². The third-order valence-electron chi connectivity index (χ3n) is 6.90. The fourth-order valence-corrected chi connectivity index (χ4v) is 4.79. The third kappa shape index (κ3) is 10.3. The number of alkyl halides is 3. The van der Waals surface area contributed by atoms with E-state index in [0.29, 0.717) is 49.5 Å². The van der Waals surface area contributed by atoms with Crippen LogP contribution in [0.5, 0.6) is 0 Å². The summed E-state index contributed by atoms with van der Waals surface area (Å²) in [5.74, 6) is -0.975. The van der Waals surface area contributed by atoms with Crippen molar-refractivity contribution in [2.45, 2.75) is 58.4 Å². The molecule has 0 aliphatic carbocycles. The number of carbonyl (C=O) groups excluding carboxylic acids is 1. The minimum Gasteiger partial charge on any atom is -1.00 e. The average molecular weight is 608 g/mol. The van der Waals surface area contributed by atoms with E-state index in [1.54, 1.807) is 29.2 Å². The number of aryl methyl sites for hydroxylation is 2. The molecule has 44 heavy (non-hydrogen) atoms. The number of benzene rings is 2. The number of aliphatic carboxylic acids is 1. The molecule has 0 bridgehead atoms. The first kappa shape index (κ1) is 34.9. The van der Waals surface area contributed by atoms with E-state index in [1.165, 1.54) is 0 Å².